The molecule has 0 spiro atoms. The molecule has 0 atom stereocenters. The fourth-order valence-electron chi connectivity index (χ4n) is 3.35. The van der Waals surface area contributed by atoms with Crippen LogP contribution < -0.4 is 14.8 Å². The molecule has 1 aliphatic heterocycles. The highest BCUT2D eigenvalue weighted by molar-refractivity contribution is 5.97. The number of hydrogen-bond acceptors (Lipinski definition) is 5. The van der Waals surface area contributed by atoms with Crippen LogP contribution in [0.5, 0.6) is 11.5 Å². The largest absolute Gasteiger partial charge is 0.573 e. The number of carbonyl (C=O) groups excluding carboxylic acids is 2. The van der Waals surface area contributed by atoms with Crippen molar-refractivity contribution < 1.29 is 32.2 Å². The summed E-state index contributed by atoms with van der Waals surface area (Å²) in [4.78, 5) is 28.8. The Kier molecular flexibility index (Phi) is 7.57. The summed E-state index contributed by atoms with van der Waals surface area (Å²) in [7, 11) is 0. The van der Waals surface area contributed by atoms with Crippen molar-refractivity contribution in [1.29, 1.82) is 0 Å². The topological polar surface area (TPSA) is 71.1 Å². The monoisotopic (exact) mass is 451 g/mol. The lowest BCUT2D eigenvalue weighted by Gasteiger charge is -2.34. The maximum absolute atomic E-state index is 12.8. The minimum atomic E-state index is -4.76. The lowest BCUT2D eigenvalue weighted by Crippen LogP contribution is -2.50. The normalized spacial score (nSPS) is 14.7. The molecule has 0 saturated carbocycles. The van der Waals surface area contributed by atoms with Gasteiger partial charge in [0.05, 0.1) is 18.7 Å². The number of benzene rings is 2. The Hall–Kier alpha value is -3.27. The number of alkyl halides is 3. The molecule has 0 unspecified atom stereocenters. The lowest BCUT2D eigenvalue weighted by molar-refractivity contribution is -0.274. The number of nitrogens with one attached hydrogen (secondary N) is 1. The zero-order valence-electron chi connectivity index (χ0n) is 17.5. The molecule has 172 valence electrons. The fourth-order valence-corrected chi connectivity index (χ4v) is 3.35. The molecule has 1 N–H and O–H groups in total. The van der Waals surface area contributed by atoms with Crippen molar-refractivity contribution in [3.05, 3.63) is 54.1 Å². The van der Waals surface area contributed by atoms with E-state index in [0.29, 0.717) is 49.8 Å². The second-order valence-electron chi connectivity index (χ2n) is 7.12. The number of amides is 2. The van der Waals surface area contributed by atoms with Crippen LogP contribution in [-0.2, 0) is 4.79 Å². The average molecular weight is 451 g/mol. The predicted octanol–water partition coefficient (Wildman–Crippen LogP) is 3.38. The molecule has 0 aliphatic carbocycles. The van der Waals surface area contributed by atoms with Gasteiger partial charge < -0.3 is 19.7 Å². The molecule has 7 nitrogen and oxygen atoms in total. The summed E-state index contributed by atoms with van der Waals surface area (Å²) in [6, 6.07) is 12.0. The van der Waals surface area contributed by atoms with Crippen LogP contribution in [-0.4, -0.2) is 67.3 Å². The van der Waals surface area contributed by atoms with Crippen molar-refractivity contribution >= 4 is 17.5 Å². The molecule has 0 bridgehead atoms. The molecule has 0 aromatic heterocycles. The first-order valence-corrected chi connectivity index (χ1v) is 10.1. The standard InChI is InChI=1S/C22H24F3N3O4/c1-2-31-19-6-4-3-5-18(19)21(30)28-13-11-27(12-14-28)15-20(29)26-16-7-9-17(10-8-16)32-22(23,24)25/h3-10H,2,11-15H2,1H3,(H,26,29). The quantitative estimate of drug-likeness (QED) is 0.699. The smallest absolute Gasteiger partial charge is 0.493 e. The molecular formula is C22H24F3N3O4. The molecular weight excluding hydrogens is 427 g/mol. The van der Waals surface area contributed by atoms with E-state index in [0.717, 1.165) is 12.1 Å². The predicted molar refractivity (Wildman–Crippen MR) is 112 cm³/mol. The minimum absolute atomic E-state index is 0.109. The van der Waals surface area contributed by atoms with Gasteiger partial charge in [0.25, 0.3) is 5.91 Å². The molecule has 1 saturated heterocycles. The maximum Gasteiger partial charge on any atom is 0.573 e. The van der Waals surface area contributed by atoms with Gasteiger partial charge in [-0.25, -0.2) is 0 Å². The van der Waals surface area contributed by atoms with E-state index in [1.54, 1.807) is 23.1 Å². The Morgan fingerprint density at radius 1 is 1.00 bits per heavy atom. The van der Waals surface area contributed by atoms with Crippen LogP contribution in [0.15, 0.2) is 48.5 Å². The highest BCUT2D eigenvalue weighted by Gasteiger charge is 2.31. The summed E-state index contributed by atoms with van der Waals surface area (Å²) < 4.78 is 46.0. The zero-order valence-corrected chi connectivity index (χ0v) is 17.5. The summed E-state index contributed by atoms with van der Waals surface area (Å²) in [5.41, 5.74) is 0.879. The molecule has 10 heteroatoms. The highest BCUT2D eigenvalue weighted by Crippen LogP contribution is 2.24. The number of nitrogens with zero attached hydrogens (tertiary/aromatic N) is 2. The number of rotatable bonds is 7. The molecule has 2 amide bonds. The first-order valence-electron chi connectivity index (χ1n) is 10.1. The second-order valence-corrected chi connectivity index (χ2v) is 7.12. The summed E-state index contributed by atoms with van der Waals surface area (Å²) in [5, 5.41) is 2.65. The SMILES string of the molecule is CCOc1ccccc1C(=O)N1CCN(CC(=O)Nc2ccc(OC(F)(F)F)cc2)CC1. The first-order chi connectivity index (χ1) is 15.2. The second kappa shape index (κ2) is 10.4. The van der Waals surface area contributed by atoms with E-state index < -0.39 is 6.36 Å². The number of ether oxygens (including phenoxy) is 2. The lowest BCUT2D eigenvalue weighted by atomic mass is 10.1. The highest BCUT2D eigenvalue weighted by atomic mass is 19.4. The van der Waals surface area contributed by atoms with Crippen LogP contribution in [0.3, 0.4) is 0 Å². The van der Waals surface area contributed by atoms with Gasteiger partial charge in [0.15, 0.2) is 0 Å². The van der Waals surface area contributed by atoms with Gasteiger partial charge in [-0.2, -0.15) is 0 Å². The molecule has 1 heterocycles. The van der Waals surface area contributed by atoms with E-state index in [1.807, 2.05) is 17.9 Å². The Morgan fingerprint density at radius 3 is 2.28 bits per heavy atom. The summed E-state index contributed by atoms with van der Waals surface area (Å²) in [5.74, 6) is -0.217. The Bertz CT molecular complexity index is 927. The van der Waals surface area contributed by atoms with E-state index in [1.165, 1.54) is 12.1 Å². The Balaban J connectivity index is 1.47. The van der Waals surface area contributed by atoms with E-state index >= 15 is 0 Å². The third-order valence-electron chi connectivity index (χ3n) is 4.82. The van der Waals surface area contributed by atoms with Gasteiger partial charge in [0.2, 0.25) is 5.91 Å². The van der Waals surface area contributed by atoms with Crippen molar-refractivity contribution in [3.63, 3.8) is 0 Å². The molecule has 32 heavy (non-hydrogen) atoms. The molecule has 2 aromatic rings. The third kappa shape index (κ3) is 6.61. The molecule has 2 aromatic carbocycles. The molecule has 1 fully saturated rings. The van der Waals surface area contributed by atoms with Crippen molar-refractivity contribution in [1.82, 2.24) is 9.80 Å². The van der Waals surface area contributed by atoms with Gasteiger partial charge >= 0.3 is 6.36 Å². The van der Waals surface area contributed by atoms with E-state index in [2.05, 4.69) is 10.1 Å². The molecule has 0 radical (unpaired) electrons. The third-order valence-corrected chi connectivity index (χ3v) is 4.82. The van der Waals surface area contributed by atoms with Crippen LogP contribution in [0, 0.1) is 0 Å². The number of carbonyl (C=O) groups is 2. The van der Waals surface area contributed by atoms with Gasteiger partial charge in [0, 0.05) is 31.9 Å². The average Bonchev–Trinajstić information content (AvgIpc) is 2.75. The molecule has 1 aliphatic rings. The first kappa shape index (κ1) is 23.4. The summed E-state index contributed by atoms with van der Waals surface area (Å²) in [6.07, 6.45) is -4.76. The maximum atomic E-state index is 12.8. The van der Waals surface area contributed by atoms with Crippen molar-refractivity contribution in [3.8, 4) is 11.5 Å². The fraction of sp³-hybridized carbons (Fsp3) is 0.364. The van der Waals surface area contributed by atoms with Gasteiger partial charge in [0.1, 0.15) is 11.5 Å². The van der Waals surface area contributed by atoms with Crippen LogP contribution in [0.25, 0.3) is 0 Å². The number of hydrogen-bond donors (Lipinski definition) is 1. The zero-order chi connectivity index (χ0) is 23.1. The van der Waals surface area contributed by atoms with Gasteiger partial charge in [-0.15, -0.1) is 13.2 Å². The van der Waals surface area contributed by atoms with Crippen molar-refractivity contribution in [2.45, 2.75) is 13.3 Å². The van der Waals surface area contributed by atoms with Gasteiger partial charge in [-0.05, 0) is 43.3 Å². The van der Waals surface area contributed by atoms with Crippen molar-refractivity contribution in [2.75, 3.05) is 44.6 Å². The summed E-state index contributed by atoms with van der Waals surface area (Å²) in [6.45, 7) is 4.41. The van der Waals surface area contributed by atoms with Crippen LogP contribution >= 0.6 is 0 Å². The van der Waals surface area contributed by atoms with Crippen LogP contribution in [0.1, 0.15) is 17.3 Å². The van der Waals surface area contributed by atoms with E-state index in [9.17, 15) is 22.8 Å². The van der Waals surface area contributed by atoms with E-state index in [-0.39, 0.29) is 24.1 Å². The minimum Gasteiger partial charge on any atom is -0.493 e. The Labute approximate surface area is 183 Å². The van der Waals surface area contributed by atoms with Crippen molar-refractivity contribution in [2.24, 2.45) is 0 Å². The Morgan fingerprint density at radius 2 is 1.66 bits per heavy atom. The number of halogens is 3. The van der Waals surface area contributed by atoms with Gasteiger partial charge in [-0.3, -0.25) is 14.5 Å². The number of anilines is 1. The van der Waals surface area contributed by atoms with Gasteiger partial charge in [-0.1, -0.05) is 12.1 Å². The van der Waals surface area contributed by atoms with Crippen LogP contribution in [0.4, 0.5) is 18.9 Å². The van der Waals surface area contributed by atoms with Crippen LogP contribution in [0.2, 0.25) is 0 Å². The molecule has 3 rings (SSSR count). The summed E-state index contributed by atoms with van der Waals surface area (Å²) >= 11 is 0. The van der Waals surface area contributed by atoms with E-state index in [4.69, 9.17) is 4.74 Å². The number of para-hydroxylation sites is 1. The number of piperazine rings is 1.